The number of allylic oxidation sites excluding steroid dienone is 13. The quantitative estimate of drug-likeness (QED) is 0.0169. The van der Waals surface area contributed by atoms with Crippen molar-refractivity contribution >= 4 is 39.5 Å². The van der Waals surface area contributed by atoms with Gasteiger partial charge in [-0.2, -0.15) is 0 Å². The Kier molecular flexibility index (Phi) is 65.1. The van der Waals surface area contributed by atoms with Crippen LogP contribution in [0.25, 0.3) is 0 Å². The van der Waals surface area contributed by atoms with Crippen LogP contribution in [0.5, 0.6) is 0 Å². The summed E-state index contributed by atoms with van der Waals surface area (Å²) < 4.78 is 68.2. The molecule has 0 bridgehead atoms. The van der Waals surface area contributed by atoms with E-state index >= 15 is 0 Å². The monoisotopic (exact) mass is 1370 g/mol. The molecule has 0 amide bonds. The minimum Gasteiger partial charge on any atom is -0.462 e. The summed E-state index contributed by atoms with van der Waals surface area (Å²) in [7, 11) is -9.96. The molecule has 0 saturated carbocycles. The molecule has 0 aromatic carbocycles. The molecule has 19 heteroatoms. The van der Waals surface area contributed by atoms with Gasteiger partial charge in [0.15, 0.2) is 12.2 Å². The Morgan fingerprint density at radius 1 is 0.319 bits per heavy atom. The van der Waals surface area contributed by atoms with Crippen LogP contribution in [0.4, 0.5) is 0 Å². The Morgan fingerprint density at radius 2 is 0.606 bits per heavy atom. The Balaban J connectivity index is 5.38. The van der Waals surface area contributed by atoms with E-state index in [0.29, 0.717) is 25.7 Å². The second kappa shape index (κ2) is 67.8. The predicted octanol–water partition coefficient (Wildman–Crippen LogP) is 20.7. The van der Waals surface area contributed by atoms with E-state index in [9.17, 15) is 43.2 Å². The number of aliphatic hydroxyl groups excluding tert-OH is 1. The zero-order chi connectivity index (χ0) is 69.0. The smallest absolute Gasteiger partial charge is 0.462 e. The first-order chi connectivity index (χ1) is 45.7. The van der Waals surface area contributed by atoms with Crippen LogP contribution in [0.1, 0.15) is 310 Å². The highest BCUT2D eigenvalue weighted by Gasteiger charge is 2.30. The second-order valence-corrected chi connectivity index (χ2v) is 27.4. The van der Waals surface area contributed by atoms with Crippen molar-refractivity contribution in [3.63, 3.8) is 0 Å². The van der Waals surface area contributed by atoms with Crippen molar-refractivity contribution in [3.8, 4) is 0 Å². The molecular formula is C75H132O17P2. The number of unbranched alkanes of at least 4 members (excludes halogenated alkanes) is 30. The lowest BCUT2D eigenvalue weighted by atomic mass is 10.0. The Hall–Kier alpha value is -3.76. The van der Waals surface area contributed by atoms with Gasteiger partial charge in [0, 0.05) is 19.3 Å². The van der Waals surface area contributed by atoms with Crippen molar-refractivity contribution in [2.75, 3.05) is 39.6 Å². The van der Waals surface area contributed by atoms with Gasteiger partial charge in [0.1, 0.15) is 19.3 Å². The normalized spacial score (nSPS) is 14.5. The van der Waals surface area contributed by atoms with Crippen molar-refractivity contribution in [3.05, 3.63) is 85.1 Å². The molecule has 0 aliphatic carbocycles. The number of hydrogen-bond donors (Lipinski definition) is 3. The van der Waals surface area contributed by atoms with Crippen LogP contribution in [0, 0.1) is 0 Å². The Morgan fingerprint density at radius 3 is 0.979 bits per heavy atom. The van der Waals surface area contributed by atoms with Crippen molar-refractivity contribution in [2.24, 2.45) is 0 Å². The van der Waals surface area contributed by atoms with Crippen LogP contribution in [0.3, 0.4) is 0 Å². The van der Waals surface area contributed by atoms with E-state index in [4.69, 9.17) is 37.0 Å². The fraction of sp³-hybridized carbons (Fsp3) is 0.760. The minimum atomic E-state index is -4.99. The minimum absolute atomic E-state index is 0.0679. The van der Waals surface area contributed by atoms with Gasteiger partial charge in [0.25, 0.3) is 0 Å². The zero-order valence-electron chi connectivity index (χ0n) is 59.1. The van der Waals surface area contributed by atoms with Crippen molar-refractivity contribution in [1.29, 1.82) is 0 Å². The van der Waals surface area contributed by atoms with Gasteiger partial charge in [-0.25, -0.2) is 9.13 Å². The largest absolute Gasteiger partial charge is 0.472 e. The SMILES string of the molecule is CC/C=C\C/C=C\C/C=C\C/C=C\C/C=C\CC(=O)OCC(COP(=O)(O)OCC(O)COP(=O)(O)OCC(COC(=O)CCCCCCC/C=C\CCCCCC)OC(=O)CCCCCCC/C=C\CCCC)OC(=O)CCCCCCCCCCCCCCCCC. The third-order valence-electron chi connectivity index (χ3n) is 15.4. The highest BCUT2D eigenvalue weighted by Crippen LogP contribution is 2.45. The number of phosphoric acid groups is 2. The highest BCUT2D eigenvalue weighted by atomic mass is 31.2. The van der Waals surface area contributed by atoms with E-state index in [-0.39, 0.29) is 25.7 Å². The maximum absolute atomic E-state index is 13.0. The second-order valence-electron chi connectivity index (χ2n) is 24.5. The number of carbonyl (C=O) groups is 4. The molecule has 17 nitrogen and oxygen atoms in total. The molecule has 0 aromatic rings. The molecule has 5 atom stereocenters. The molecule has 0 aliphatic rings. The van der Waals surface area contributed by atoms with Crippen LogP contribution >= 0.6 is 15.6 Å². The summed E-state index contributed by atoms with van der Waals surface area (Å²) in [6.07, 6.45) is 67.6. The molecule has 5 unspecified atom stereocenters. The van der Waals surface area contributed by atoms with Gasteiger partial charge < -0.3 is 33.8 Å². The predicted molar refractivity (Wildman–Crippen MR) is 381 cm³/mol. The van der Waals surface area contributed by atoms with Gasteiger partial charge in [-0.15, -0.1) is 0 Å². The first-order valence-corrected chi connectivity index (χ1v) is 39.8. The average molecular weight is 1370 g/mol. The van der Waals surface area contributed by atoms with Gasteiger partial charge in [0.2, 0.25) is 0 Å². The number of ether oxygens (including phenoxy) is 4. The first-order valence-electron chi connectivity index (χ1n) is 36.8. The third kappa shape index (κ3) is 66.8. The van der Waals surface area contributed by atoms with Gasteiger partial charge in [0.05, 0.1) is 32.8 Å². The van der Waals surface area contributed by atoms with Crippen LogP contribution in [0.15, 0.2) is 85.1 Å². The third-order valence-corrected chi connectivity index (χ3v) is 17.3. The summed E-state index contributed by atoms with van der Waals surface area (Å²) in [5.41, 5.74) is 0. The summed E-state index contributed by atoms with van der Waals surface area (Å²) in [6, 6.07) is 0. The molecule has 0 aromatic heterocycles. The van der Waals surface area contributed by atoms with Gasteiger partial charge in [-0.3, -0.25) is 37.3 Å². The molecule has 0 heterocycles. The molecular weight excluding hydrogens is 1230 g/mol. The molecule has 0 saturated heterocycles. The Labute approximate surface area is 570 Å². The fourth-order valence-corrected chi connectivity index (χ4v) is 11.3. The lowest BCUT2D eigenvalue weighted by Crippen LogP contribution is -2.30. The number of hydrogen-bond acceptors (Lipinski definition) is 15. The highest BCUT2D eigenvalue weighted by molar-refractivity contribution is 7.47. The summed E-state index contributed by atoms with van der Waals surface area (Å²) >= 11 is 0. The summed E-state index contributed by atoms with van der Waals surface area (Å²) in [4.78, 5) is 72.6. The molecule has 94 heavy (non-hydrogen) atoms. The fourth-order valence-electron chi connectivity index (χ4n) is 9.74. The summed E-state index contributed by atoms with van der Waals surface area (Å²) in [5, 5.41) is 10.6. The standard InChI is InChI=1S/C75H132O17P2/c1-5-9-13-17-21-25-29-32-34-37-41-44-48-52-56-60-73(78)86-66-71(92-75(80)62-58-54-50-46-42-38-35-33-30-26-22-18-14-10-6-2)68-90-94(83,84)88-64-69(76)63-87-93(81,82)89-67-70(91-74(79)61-57-53-49-45-39-28-24-20-16-12-8-4)65-85-72(77)59-55-51-47-43-40-36-31-27-23-19-15-11-7-3/h9,13,20-21,24-25,27,31-32,34,41,44,52,56,69-71,76H,5-8,10-12,14-19,22-23,26,28-30,33,35-40,42-43,45-51,53-55,57-68H2,1-4H3,(H,81,82)(H,83,84)/b13-9-,24-20-,25-21-,31-27-,34-32-,44-41-,56-52-. The van der Waals surface area contributed by atoms with Crippen LogP contribution in [0.2, 0.25) is 0 Å². The summed E-state index contributed by atoms with van der Waals surface area (Å²) in [6.45, 7) is 4.59. The van der Waals surface area contributed by atoms with Crippen LogP contribution in [-0.4, -0.2) is 96.7 Å². The molecule has 0 aliphatic heterocycles. The van der Waals surface area contributed by atoms with Crippen LogP contribution in [-0.2, 0) is 65.4 Å². The number of aliphatic hydroxyl groups is 1. The summed E-state index contributed by atoms with van der Waals surface area (Å²) in [5.74, 6) is -2.33. The maximum atomic E-state index is 13.0. The lowest BCUT2D eigenvalue weighted by molar-refractivity contribution is -0.161. The molecule has 544 valence electrons. The van der Waals surface area contributed by atoms with Crippen LogP contribution < -0.4 is 0 Å². The number of phosphoric ester groups is 2. The van der Waals surface area contributed by atoms with Gasteiger partial charge in [-0.05, 0) is 96.3 Å². The zero-order valence-corrected chi connectivity index (χ0v) is 60.9. The van der Waals surface area contributed by atoms with Gasteiger partial charge in [-0.1, -0.05) is 273 Å². The number of esters is 4. The molecule has 0 radical (unpaired) electrons. The molecule has 0 spiro atoms. The van der Waals surface area contributed by atoms with Crippen molar-refractivity contribution in [2.45, 2.75) is 329 Å². The van der Waals surface area contributed by atoms with E-state index in [2.05, 4.69) is 88.5 Å². The Bertz CT molecular complexity index is 2120. The van der Waals surface area contributed by atoms with E-state index in [1.807, 2.05) is 18.2 Å². The maximum Gasteiger partial charge on any atom is 0.472 e. The molecule has 0 fully saturated rings. The number of carbonyl (C=O) groups excluding carboxylic acids is 4. The van der Waals surface area contributed by atoms with Crippen molar-refractivity contribution < 1.29 is 80.2 Å². The van der Waals surface area contributed by atoms with E-state index in [1.165, 1.54) is 103 Å². The van der Waals surface area contributed by atoms with E-state index < -0.39 is 97.5 Å². The lowest BCUT2D eigenvalue weighted by Gasteiger charge is -2.21. The van der Waals surface area contributed by atoms with Crippen molar-refractivity contribution in [1.82, 2.24) is 0 Å². The topological polar surface area (TPSA) is 237 Å². The molecule has 3 N–H and O–H groups in total. The van der Waals surface area contributed by atoms with Gasteiger partial charge >= 0.3 is 39.5 Å². The number of rotatable bonds is 69. The first kappa shape index (κ1) is 90.2. The van der Waals surface area contributed by atoms with E-state index in [0.717, 1.165) is 128 Å². The average Bonchev–Trinajstić information content (AvgIpc) is 1.36. The molecule has 0 rings (SSSR count). The van der Waals surface area contributed by atoms with E-state index in [1.54, 1.807) is 6.08 Å².